The number of hydrogen-bond acceptors (Lipinski definition) is 5. The summed E-state index contributed by atoms with van der Waals surface area (Å²) in [4.78, 5) is 15.9. The van der Waals surface area contributed by atoms with Crippen molar-refractivity contribution in [2.75, 3.05) is 18.4 Å². The van der Waals surface area contributed by atoms with Gasteiger partial charge in [-0.25, -0.2) is 4.98 Å². The van der Waals surface area contributed by atoms with Gasteiger partial charge in [0.15, 0.2) is 5.13 Å². The van der Waals surface area contributed by atoms with Crippen molar-refractivity contribution in [1.82, 2.24) is 10.3 Å². The highest BCUT2D eigenvalue weighted by molar-refractivity contribution is 7.22. The molecular weight excluding hydrogens is 296 g/mol. The van der Waals surface area contributed by atoms with Gasteiger partial charge in [0.2, 0.25) is 5.91 Å². The van der Waals surface area contributed by atoms with E-state index in [2.05, 4.69) is 15.6 Å². The molecule has 0 aliphatic rings. The number of anilines is 1. The zero-order valence-corrected chi connectivity index (χ0v) is 12.9. The Morgan fingerprint density at radius 2 is 2.15 bits per heavy atom. The Hall–Kier alpha value is -1.37. The predicted octanol–water partition coefficient (Wildman–Crippen LogP) is 1.98. The van der Waals surface area contributed by atoms with E-state index in [9.17, 15) is 4.79 Å². The van der Waals surface area contributed by atoms with Gasteiger partial charge < -0.3 is 16.4 Å². The highest BCUT2D eigenvalue weighted by atomic mass is 35.5. The fourth-order valence-corrected chi connectivity index (χ4v) is 2.51. The summed E-state index contributed by atoms with van der Waals surface area (Å²) in [5.41, 5.74) is 6.61. The Morgan fingerprint density at radius 3 is 2.85 bits per heavy atom. The molecule has 0 spiro atoms. The molecule has 1 amide bonds. The van der Waals surface area contributed by atoms with Crippen LogP contribution < -0.4 is 16.4 Å². The molecule has 0 saturated carbocycles. The second-order valence-electron chi connectivity index (χ2n) is 4.22. The number of aromatic nitrogens is 1. The Labute approximate surface area is 128 Å². The Morgan fingerprint density at radius 1 is 1.40 bits per heavy atom. The minimum Gasteiger partial charge on any atom is -0.360 e. The van der Waals surface area contributed by atoms with Gasteiger partial charge in [0.05, 0.1) is 16.3 Å². The molecule has 1 aromatic carbocycles. The number of nitrogens with zero attached hydrogens (tertiary/aromatic N) is 1. The summed E-state index contributed by atoms with van der Waals surface area (Å²) >= 11 is 1.61. The van der Waals surface area contributed by atoms with Gasteiger partial charge in [0.1, 0.15) is 0 Å². The van der Waals surface area contributed by atoms with Crippen molar-refractivity contribution >= 4 is 45.0 Å². The number of thiazole rings is 1. The van der Waals surface area contributed by atoms with Crippen LogP contribution in [-0.2, 0) is 4.79 Å². The van der Waals surface area contributed by atoms with Gasteiger partial charge in [0, 0.05) is 13.1 Å². The number of hydrogen-bond donors (Lipinski definition) is 3. The van der Waals surface area contributed by atoms with Gasteiger partial charge in [-0.1, -0.05) is 30.4 Å². The van der Waals surface area contributed by atoms with Crippen molar-refractivity contribution < 1.29 is 4.79 Å². The number of amides is 1. The van der Waals surface area contributed by atoms with Gasteiger partial charge in [0.25, 0.3) is 0 Å². The van der Waals surface area contributed by atoms with Crippen LogP contribution in [0.3, 0.4) is 0 Å². The normalized spacial score (nSPS) is 11.7. The van der Waals surface area contributed by atoms with Crippen LogP contribution in [0.5, 0.6) is 0 Å². The summed E-state index contributed by atoms with van der Waals surface area (Å²) in [6.07, 6.45) is 0.650. The van der Waals surface area contributed by atoms with Crippen molar-refractivity contribution in [2.45, 2.75) is 19.4 Å². The van der Waals surface area contributed by atoms with Crippen LogP contribution in [0.15, 0.2) is 24.3 Å². The van der Waals surface area contributed by atoms with Gasteiger partial charge in [-0.15, -0.1) is 12.4 Å². The van der Waals surface area contributed by atoms with E-state index >= 15 is 0 Å². The average molecular weight is 315 g/mol. The lowest BCUT2D eigenvalue weighted by atomic mass is 10.2. The minimum atomic E-state index is -0.414. The summed E-state index contributed by atoms with van der Waals surface area (Å²) < 4.78 is 1.15. The summed E-state index contributed by atoms with van der Waals surface area (Å²) in [6.45, 7) is 3.08. The molecule has 5 nitrogen and oxygen atoms in total. The zero-order chi connectivity index (χ0) is 13.7. The SMILES string of the molecule is CCC(N)C(=O)NCCNc1nc2ccccc2s1.Cl. The molecular formula is C13H19ClN4OS. The molecule has 0 bridgehead atoms. The predicted molar refractivity (Wildman–Crippen MR) is 86.6 cm³/mol. The highest BCUT2D eigenvalue weighted by Crippen LogP contribution is 2.24. The number of nitrogens with two attached hydrogens (primary N) is 1. The van der Waals surface area contributed by atoms with Crippen molar-refractivity contribution in [3.8, 4) is 0 Å². The molecule has 1 heterocycles. The van der Waals surface area contributed by atoms with Crippen molar-refractivity contribution in [3.05, 3.63) is 24.3 Å². The lowest BCUT2D eigenvalue weighted by molar-refractivity contribution is -0.122. The third kappa shape index (κ3) is 4.33. The van der Waals surface area contributed by atoms with Crippen molar-refractivity contribution in [3.63, 3.8) is 0 Å². The van der Waals surface area contributed by atoms with Crippen LogP contribution in [0, 0.1) is 0 Å². The van der Waals surface area contributed by atoms with Gasteiger partial charge in [-0.3, -0.25) is 4.79 Å². The molecule has 1 aromatic heterocycles. The summed E-state index contributed by atoms with van der Waals surface area (Å²) in [6, 6.07) is 7.58. The molecule has 0 fully saturated rings. The van der Waals surface area contributed by atoms with E-state index in [0.717, 1.165) is 15.3 Å². The maximum absolute atomic E-state index is 11.4. The van der Waals surface area contributed by atoms with Crippen LogP contribution in [-0.4, -0.2) is 30.0 Å². The largest absolute Gasteiger partial charge is 0.360 e. The molecule has 2 rings (SSSR count). The van der Waals surface area contributed by atoms with Crippen LogP contribution >= 0.6 is 23.7 Å². The molecule has 0 aliphatic carbocycles. The third-order valence-electron chi connectivity index (χ3n) is 2.77. The van der Waals surface area contributed by atoms with E-state index in [1.54, 1.807) is 11.3 Å². The molecule has 20 heavy (non-hydrogen) atoms. The maximum atomic E-state index is 11.4. The summed E-state index contributed by atoms with van der Waals surface area (Å²) in [5.74, 6) is -0.103. The van der Waals surface area contributed by atoms with Crippen molar-refractivity contribution in [2.24, 2.45) is 5.73 Å². The van der Waals surface area contributed by atoms with Gasteiger partial charge in [-0.05, 0) is 18.6 Å². The van der Waals surface area contributed by atoms with Gasteiger partial charge in [-0.2, -0.15) is 0 Å². The lowest BCUT2D eigenvalue weighted by Gasteiger charge is -2.09. The second-order valence-corrected chi connectivity index (χ2v) is 5.25. The van der Waals surface area contributed by atoms with E-state index in [4.69, 9.17) is 5.73 Å². The second kappa shape index (κ2) is 8.04. The van der Waals surface area contributed by atoms with E-state index in [-0.39, 0.29) is 18.3 Å². The first kappa shape index (κ1) is 16.7. The quantitative estimate of drug-likeness (QED) is 0.712. The Balaban J connectivity index is 0.00000200. The molecule has 0 aliphatic heterocycles. The van der Waals surface area contributed by atoms with Crippen LogP contribution in [0.2, 0.25) is 0 Å². The fourth-order valence-electron chi connectivity index (χ4n) is 1.62. The van der Waals surface area contributed by atoms with E-state index in [1.807, 2.05) is 31.2 Å². The zero-order valence-electron chi connectivity index (χ0n) is 11.3. The highest BCUT2D eigenvalue weighted by Gasteiger charge is 2.09. The number of halogens is 1. The van der Waals surface area contributed by atoms with Crippen LogP contribution in [0.4, 0.5) is 5.13 Å². The number of benzene rings is 1. The molecule has 0 radical (unpaired) electrons. The van der Waals surface area contributed by atoms with E-state index in [1.165, 1.54) is 0 Å². The molecule has 0 saturated heterocycles. The van der Waals surface area contributed by atoms with Crippen LogP contribution in [0.1, 0.15) is 13.3 Å². The Kier molecular flexibility index (Phi) is 6.70. The average Bonchev–Trinajstić information content (AvgIpc) is 2.85. The summed E-state index contributed by atoms with van der Waals surface area (Å²) in [5, 5.41) is 6.86. The number of nitrogens with one attached hydrogen (secondary N) is 2. The number of rotatable bonds is 6. The van der Waals surface area contributed by atoms with E-state index < -0.39 is 6.04 Å². The monoisotopic (exact) mass is 314 g/mol. The third-order valence-corrected chi connectivity index (χ3v) is 3.77. The topological polar surface area (TPSA) is 80.0 Å². The molecule has 1 unspecified atom stereocenters. The molecule has 7 heteroatoms. The number of carbonyl (C=O) groups excluding carboxylic acids is 1. The summed E-state index contributed by atoms with van der Waals surface area (Å²) in [7, 11) is 0. The Bertz CT molecular complexity index is 527. The molecule has 2 aromatic rings. The van der Waals surface area contributed by atoms with E-state index in [0.29, 0.717) is 19.5 Å². The number of fused-ring (bicyclic) bond motifs is 1. The maximum Gasteiger partial charge on any atom is 0.236 e. The smallest absolute Gasteiger partial charge is 0.236 e. The molecule has 1 atom stereocenters. The number of para-hydroxylation sites is 1. The van der Waals surface area contributed by atoms with Crippen LogP contribution in [0.25, 0.3) is 10.2 Å². The first-order valence-corrected chi connectivity index (χ1v) is 7.15. The minimum absolute atomic E-state index is 0. The number of carbonyl (C=O) groups is 1. The first-order chi connectivity index (χ1) is 9.20. The van der Waals surface area contributed by atoms with Crippen molar-refractivity contribution in [1.29, 1.82) is 0 Å². The molecule has 4 N–H and O–H groups in total. The van der Waals surface area contributed by atoms with Gasteiger partial charge >= 0.3 is 0 Å². The first-order valence-electron chi connectivity index (χ1n) is 6.33. The lowest BCUT2D eigenvalue weighted by Crippen LogP contribution is -2.41. The standard InChI is InChI=1S/C13H18N4OS.ClH/c1-2-9(14)12(18)15-7-8-16-13-17-10-5-3-4-6-11(10)19-13;/h3-6,9H,2,7-8,14H2,1H3,(H,15,18)(H,16,17);1H. The molecule has 110 valence electrons. The fraction of sp³-hybridized carbons (Fsp3) is 0.385.